The summed E-state index contributed by atoms with van der Waals surface area (Å²) >= 11 is 0. The highest BCUT2D eigenvalue weighted by Gasteiger charge is 2.63. The first-order valence-corrected chi connectivity index (χ1v) is 13.3. The topological polar surface area (TPSA) is 37.3 Å². The molecule has 0 aromatic heterocycles. The van der Waals surface area contributed by atoms with Gasteiger partial charge in [0.25, 0.3) is 0 Å². The molecule has 0 amide bonds. The Hall–Kier alpha value is -0.630. The fourth-order valence-electron chi connectivity index (χ4n) is 8.90. The molecular formula is C29H50O2. The molecule has 178 valence electrons. The van der Waals surface area contributed by atoms with E-state index in [9.17, 15) is 9.90 Å². The molecule has 3 aliphatic carbocycles. The molecule has 2 heteroatoms. The molecule has 0 aromatic carbocycles. The molecule has 3 saturated carbocycles. The van der Waals surface area contributed by atoms with Crippen molar-refractivity contribution in [1.82, 2.24) is 0 Å². The molecular weight excluding hydrogens is 380 g/mol. The van der Waals surface area contributed by atoms with Crippen molar-refractivity contribution in [3.8, 4) is 0 Å². The summed E-state index contributed by atoms with van der Waals surface area (Å²) in [6.45, 7) is 19.0. The van der Waals surface area contributed by atoms with Crippen molar-refractivity contribution < 1.29 is 9.90 Å². The maximum atomic E-state index is 12.5. The van der Waals surface area contributed by atoms with Crippen LogP contribution in [0.2, 0.25) is 0 Å². The van der Waals surface area contributed by atoms with Gasteiger partial charge in [0.1, 0.15) is 5.78 Å². The van der Waals surface area contributed by atoms with Crippen LogP contribution in [-0.4, -0.2) is 17.0 Å². The average Bonchev–Trinajstić information content (AvgIpc) is 3.07. The van der Waals surface area contributed by atoms with Crippen molar-refractivity contribution in [3.05, 3.63) is 11.6 Å². The molecule has 2 nitrogen and oxygen atoms in total. The number of allylic oxidation sites excluding steroid dienone is 2. The summed E-state index contributed by atoms with van der Waals surface area (Å²) < 4.78 is 0. The smallest absolute Gasteiger partial charge is 0.136 e. The van der Waals surface area contributed by atoms with Gasteiger partial charge in [0.05, 0.1) is 6.10 Å². The highest BCUT2D eigenvalue weighted by atomic mass is 16.3. The molecule has 3 fully saturated rings. The number of carbonyl (C=O) groups is 1. The highest BCUT2D eigenvalue weighted by Crippen LogP contribution is 2.70. The predicted molar refractivity (Wildman–Crippen MR) is 131 cm³/mol. The third kappa shape index (κ3) is 3.98. The van der Waals surface area contributed by atoms with Crippen molar-refractivity contribution in [1.29, 1.82) is 0 Å². The van der Waals surface area contributed by atoms with Gasteiger partial charge in [-0.1, -0.05) is 59.6 Å². The second-order valence-electron chi connectivity index (χ2n) is 12.6. The van der Waals surface area contributed by atoms with Crippen LogP contribution in [0.4, 0.5) is 0 Å². The van der Waals surface area contributed by atoms with E-state index in [0.717, 1.165) is 32.1 Å². The van der Waals surface area contributed by atoms with E-state index in [0.29, 0.717) is 29.5 Å². The van der Waals surface area contributed by atoms with E-state index >= 15 is 0 Å². The lowest BCUT2D eigenvalue weighted by Crippen LogP contribution is -2.58. The van der Waals surface area contributed by atoms with E-state index in [4.69, 9.17) is 0 Å². The van der Waals surface area contributed by atoms with Crippen molar-refractivity contribution in [2.45, 2.75) is 119 Å². The first-order chi connectivity index (χ1) is 14.4. The minimum absolute atomic E-state index is 0.180. The second kappa shape index (κ2) is 8.96. The fourth-order valence-corrected chi connectivity index (χ4v) is 8.90. The number of hydrogen-bond donors (Lipinski definition) is 1. The lowest BCUT2D eigenvalue weighted by atomic mass is 9.40. The van der Waals surface area contributed by atoms with Gasteiger partial charge in [0, 0.05) is 12.3 Å². The molecule has 1 N–H and O–H groups in total. The van der Waals surface area contributed by atoms with Gasteiger partial charge in [0.2, 0.25) is 0 Å². The van der Waals surface area contributed by atoms with Crippen LogP contribution in [0.5, 0.6) is 0 Å². The maximum Gasteiger partial charge on any atom is 0.136 e. The maximum absolute atomic E-state index is 12.5. The van der Waals surface area contributed by atoms with E-state index < -0.39 is 0 Å². The largest absolute Gasteiger partial charge is 0.393 e. The minimum atomic E-state index is -0.180. The number of rotatable bonds is 6. The zero-order valence-corrected chi connectivity index (χ0v) is 21.8. The van der Waals surface area contributed by atoms with Crippen molar-refractivity contribution >= 4 is 5.78 Å². The summed E-state index contributed by atoms with van der Waals surface area (Å²) in [7, 11) is 0. The number of fused-ring (bicyclic) bond motifs is 1. The molecule has 3 aliphatic rings. The van der Waals surface area contributed by atoms with E-state index in [1.807, 2.05) is 0 Å². The van der Waals surface area contributed by atoms with Crippen LogP contribution < -0.4 is 0 Å². The number of carbonyl (C=O) groups excluding carboxylic acids is 1. The number of hydrogen-bond acceptors (Lipinski definition) is 2. The van der Waals surface area contributed by atoms with Gasteiger partial charge >= 0.3 is 0 Å². The van der Waals surface area contributed by atoms with Crippen LogP contribution in [0.25, 0.3) is 0 Å². The molecule has 0 spiro atoms. The average molecular weight is 431 g/mol. The van der Waals surface area contributed by atoms with Crippen molar-refractivity contribution in [3.63, 3.8) is 0 Å². The zero-order valence-electron chi connectivity index (χ0n) is 21.8. The van der Waals surface area contributed by atoms with Gasteiger partial charge in [-0.15, -0.1) is 0 Å². The summed E-state index contributed by atoms with van der Waals surface area (Å²) in [5.41, 5.74) is 2.15. The number of aliphatic hydroxyl groups is 1. The summed E-state index contributed by atoms with van der Waals surface area (Å²) in [5.74, 6) is 2.90. The summed E-state index contributed by atoms with van der Waals surface area (Å²) in [4.78, 5) is 12.5. The molecule has 9 atom stereocenters. The third-order valence-electron chi connectivity index (χ3n) is 11.4. The van der Waals surface area contributed by atoms with Crippen LogP contribution in [0.1, 0.15) is 113 Å². The highest BCUT2D eigenvalue weighted by molar-refractivity contribution is 5.82. The zero-order chi connectivity index (χ0) is 23.2. The molecule has 0 saturated heterocycles. The number of Topliss-reactive ketones (excluding diaryl/α,β-unsaturated/α-hetero) is 1. The molecule has 0 bridgehead atoms. The lowest BCUT2D eigenvalue weighted by Gasteiger charge is -2.64. The Labute approximate surface area is 192 Å². The first-order valence-electron chi connectivity index (χ1n) is 13.3. The lowest BCUT2D eigenvalue weighted by molar-refractivity contribution is -0.166. The monoisotopic (exact) mass is 430 g/mol. The SMILES string of the molecule is CCC1C(C(O)CCC=C(C)C)CC[C@@]1(C)C1(C)CCC2[C@@H](C)C(=O)CCC2(C)C1C. The molecule has 0 heterocycles. The number of ketones is 1. The fraction of sp³-hybridized carbons (Fsp3) is 0.897. The Morgan fingerprint density at radius 3 is 2.35 bits per heavy atom. The number of aliphatic hydroxyl groups excluding tert-OH is 1. The van der Waals surface area contributed by atoms with Crippen molar-refractivity contribution in [2.24, 2.45) is 45.8 Å². The van der Waals surface area contributed by atoms with Crippen LogP contribution >= 0.6 is 0 Å². The minimum Gasteiger partial charge on any atom is -0.393 e. The van der Waals surface area contributed by atoms with E-state index in [2.05, 4.69) is 61.5 Å². The van der Waals surface area contributed by atoms with Crippen molar-refractivity contribution in [2.75, 3.05) is 0 Å². The first kappa shape index (κ1) is 25.0. The molecule has 31 heavy (non-hydrogen) atoms. The molecule has 0 aromatic rings. The van der Waals surface area contributed by atoms with Gasteiger partial charge < -0.3 is 5.11 Å². The Kier molecular flexibility index (Phi) is 7.22. The Bertz CT molecular complexity index is 691. The van der Waals surface area contributed by atoms with Gasteiger partial charge in [-0.2, -0.15) is 0 Å². The van der Waals surface area contributed by atoms with Gasteiger partial charge in [-0.25, -0.2) is 0 Å². The van der Waals surface area contributed by atoms with Gasteiger partial charge in [-0.05, 0) is 98.7 Å². The Morgan fingerprint density at radius 2 is 1.74 bits per heavy atom. The van der Waals surface area contributed by atoms with Gasteiger partial charge in [0.15, 0.2) is 0 Å². The predicted octanol–water partition coefficient (Wildman–Crippen LogP) is 7.59. The molecule has 0 radical (unpaired) electrons. The summed E-state index contributed by atoms with van der Waals surface area (Å²) in [5, 5.41) is 11.2. The molecule has 7 unspecified atom stereocenters. The molecule has 3 rings (SSSR count). The second-order valence-corrected chi connectivity index (χ2v) is 12.6. The van der Waals surface area contributed by atoms with Crippen LogP contribution in [0.15, 0.2) is 11.6 Å². The Morgan fingerprint density at radius 1 is 1.10 bits per heavy atom. The van der Waals surface area contributed by atoms with E-state index in [-0.39, 0.29) is 28.3 Å². The normalized spacial score (nSPS) is 46.5. The van der Waals surface area contributed by atoms with E-state index in [1.165, 1.54) is 31.3 Å². The molecule has 0 aliphatic heterocycles. The summed E-state index contributed by atoms with van der Waals surface area (Å²) in [6.07, 6.45) is 11.8. The Balaban J connectivity index is 1.85. The van der Waals surface area contributed by atoms with Gasteiger partial charge in [-0.3, -0.25) is 4.79 Å². The third-order valence-corrected chi connectivity index (χ3v) is 11.4. The van der Waals surface area contributed by atoms with Crippen LogP contribution in [0, 0.1) is 45.8 Å². The van der Waals surface area contributed by atoms with E-state index in [1.54, 1.807) is 0 Å². The standard InChI is InChI=1S/C29H50O2/c1-9-23-22(26(31)12-10-11-19(2)3)13-17-29(23,8)28(7)18-14-24-20(4)25(30)15-16-27(24,6)21(28)5/h11,20-24,26,31H,9-10,12-18H2,1-8H3/t20-,21?,22?,23?,24?,26?,27?,28?,29-/m1/s1. The van der Waals surface area contributed by atoms with Crippen LogP contribution in [0.3, 0.4) is 0 Å². The quantitative estimate of drug-likeness (QED) is 0.441. The summed E-state index contributed by atoms with van der Waals surface area (Å²) in [6, 6.07) is 0. The van der Waals surface area contributed by atoms with Crippen LogP contribution in [-0.2, 0) is 4.79 Å².